The number of carbonyl (C=O) groups is 1. The van der Waals surface area contributed by atoms with Gasteiger partial charge in [0.2, 0.25) is 0 Å². The summed E-state index contributed by atoms with van der Waals surface area (Å²) in [5.74, 6) is 0. The molecule has 0 saturated carbocycles. The molecule has 0 bridgehead atoms. The first kappa shape index (κ1) is 10.7. The molecule has 0 aliphatic carbocycles. The smallest absolute Gasteiger partial charge is 0.449 e. The van der Waals surface area contributed by atoms with Gasteiger partial charge in [0.15, 0.2) is 5.03 Å². The van der Waals surface area contributed by atoms with Gasteiger partial charge in [-0.1, -0.05) is 6.92 Å². The fourth-order valence-electron chi connectivity index (χ4n) is 0.674. The van der Waals surface area contributed by atoms with Gasteiger partial charge >= 0.3 is 6.09 Å². The summed E-state index contributed by atoms with van der Waals surface area (Å²) in [5, 5.41) is 10.0. The van der Waals surface area contributed by atoms with Crippen molar-refractivity contribution in [2.45, 2.75) is 26.3 Å². The zero-order valence-electron chi connectivity index (χ0n) is 7.31. The highest BCUT2D eigenvalue weighted by molar-refractivity contribution is 5.66. The normalized spacial score (nSPS) is 11.9. The van der Waals surface area contributed by atoms with Gasteiger partial charge in [-0.05, 0) is 18.4 Å². The Hall–Kier alpha value is -1.33. The van der Waals surface area contributed by atoms with Crippen LogP contribution in [-0.2, 0) is 4.74 Å². The highest BCUT2D eigenvalue weighted by Crippen LogP contribution is 2.04. The highest BCUT2D eigenvalue weighted by atomic mass is 16.7. The number of rotatable bonds is 3. The molecule has 0 aromatic carbocycles. The lowest BCUT2D eigenvalue weighted by atomic mass is 10.2. The van der Waals surface area contributed by atoms with Crippen LogP contribution in [-0.4, -0.2) is 29.3 Å². The maximum absolute atomic E-state index is 10.8. The van der Waals surface area contributed by atoms with Crippen molar-refractivity contribution in [1.29, 1.82) is 0 Å². The van der Waals surface area contributed by atoms with E-state index in [-0.39, 0.29) is 0 Å². The third-order valence-electron chi connectivity index (χ3n) is 1.55. The van der Waals surface area contributed by atoms with Gasteiger partial charge in [-0.2, -0.15) is 0 Å². The minimum atomic E-state index is -0.936. The maximum atomic E-state index is 10.8. The molecule has 1 amide bonds. The van der Waals surface area contributed by atoms with E-state index in [9.17, 15) is 14.9 Å². The molecular formula is C6H12N2O4. The quantitative estimate of drug-likeness (QED) is 0.475. The monoisotopic (exact) mass is 176 g/mol. The molecule has 0 aliphatic heterocycles. The number of hydrogen-bond donors (Lipinski definition) is 0. The largest absolute Gasteiger partial charge is 0.468 e. The molecule has 0 aromatic rings. The average molecular weight is 176 g/mol. The van der Waals surface area contributed by atoms with Gasteiger partial charge in [0.25, 0.3) is 0 Å². The standard InChI is InChI=1S/C6H12N2O4/c1-4-5(2)7(8(10)11)6(9)12-3/h5H,4H2,1-3H3. The van der Waals surface area contributed by atoms with Crippen LogP contribution >= 0.6 is 0 Å². The number of nitrogens with zero attached hydrogens (tertiary/aromatic N) is 2. The molecule has 0 aliphatic rings. The van der Waals surface area contributed by atoms with Crippen LogP contribution in [0, 0.1) is 10.1 Å². The van der Waals surface area contributed by atoms with Crippen LogP contribution in [0.1, 0.15) is 20.3 Å². The number of hydrazine groups is 1. The van der Waals surface area contributed by atoms with Crippen LogP contribution in [0.4, 0.5) is 4.79 Å². The van der Waals surface area contributed by atoms with Gasteiger partial charge in [0.05, 0.1) is 13.2 Å². The maximum Gasteiger partial charge on any atom is 0.468 e. The summed E-state index contributed by atoms with van der Waals surface area (Å²) < 4.78 is 4.24. The molecule has 70 valence electrons. The fourth-order valence-corrected chi connectivity index (χ4v) is 0.674. The second-order valence-corrected chi connectivity index (χ2v) is 2.31. The number of carbonyl (C=O) groups excluding carboxylic acids is 1. The summed E-state index contributed by atoms with van der Waals surface area (Å²) in [7, 11) is 1.11. The summed E-state index contributed by atoms with van der Waals surface area (Å²) in [5.41, 5.74) is 0. The predicted molar refractivity (Wildman–Crippen MR) is 41.0 cm³/mol. The highest BCUT2D eigenvalue weighted by Gasteiger charge is 2.30. The van der Waals surface area contributed by atoms with E-state index in [1.807, 2.05) is 0 Å². The van der Waals surface area contributed by atoms with Gasteiger partial charge in [-0.3, -0.25) is 0 Å². The minimum Gasteiger partial charge on any atom is -0.449 e. The molecule has 0 spiro atoms. The third-order valence-corrected chi connectivity index (χ3v) is 1.55. The van der Waals surface area contributed by atoms with Crippen molar-refractivity contribution in [2.75, 3.05) is 7.11 Å². The Kier molecular flexibility index (Phi) is 4.03. The molecule has 6 nitrogen and oxygen atoms in total. The minimum absolute atomic E-state index is 0.451. The Balaban J connectivity index is 4.43. The third kappa shape index (κ3) is 2.37. The van der Waals surface area contributed by atoms with Crippen molar-refractivity contribution in [3.8, 4) is 0 Å². The molecule has 0 radical (unpaired) electrons. The average Bonchev–Trinajstić information content (AvgIpc) is 2.03. The Bertz CT molecular complexity index is 182. The van der Waals surface area contributed by atoms with Gasteiger partial charge in [-0.15, -0.1) is 0 Å². The molecule has 1 atom stereocenters. The zero-order chi connectivity index (χ0) is 9.72. The molecule has 0 aromatic heterocycles. The molecule has 0 fully saturated rings. The van der Waals surface area contributed by atoms with E-state index in [1.54, 1.807) is 13.8 Å². The Morgan fingerprint density at radius 3 is 2.50 bits per heavy atom. The molecule has 1 unspecified atom stereocenters. The SMILES string of the molecule is CCC(C)N(C(=O)OC)[N+](=O)[O-]. The lowest BCUT2D eigenvalue weighted by molar-refractivity contribution is -0.643. The molecule has 0 heterocycles. The van der Waals surface area contributed by atoms with E-state index >= 15 is 0 Å². The van der Waals surface area contributed by atoms with Crippen molar-refractivity contribution in [3.05, 3.63) is 10.1 Å². The number of amides is 1. The lowest BCUT2D eigenvalue weighted by Crippen LogP contribution is -2.42. The number of methoxy groups -OCH3 is 1. The van der Waals surface area contributed by atoms with Gasteiger partial charge < -0.3 is 4.74 Å². The second-order valence-electron chi connectivity index (χ2n) is 2.31. The van der Waals surface area contributed by atoms with E-state index in [2.05, 4.69) is 4.74 Å². The van der Waals surface area contributed by atoms with Crippen LogP contribution in [0.3, 0.4) is 0 Å². The van der Waals surface area contributed by atoms with E-state index < -0.39 is 17.2 Å². The van der Waals surface area contributed by atoms with Gasteiger partial charge in [0, 0.05) is 0 Å². The van der Waals surface area contributed by atoms with Crippen LogP contribution < -0.4 is 0 Å². The Labute approximate surface area is 70.2 Å². The summed E-state index contributed by atoms with van der Waals surface area (Å²) in [6.07, 6.45) is -0.426. The first-order valence-electron chi connectivity index (χ1n) is 3.56. The summed E-state index contributed by atoms with van der Waals surface area (Å²) >= 11 is 0. The first-order chi connectivity index (χ1) is 5.54. The summed E-state index contributed by atoms with van der Waals surface area (Å²) in [6, 6.07) is -0.451. The first-order valence-corrected chi connectivity index (χ1v) is 3.56. The molecular weight excluding hydrogens is 164 g/mol. The molecule has 0 saturated heterocycles. The van der Waals surface area contributed by atoms with Crippen molar-refractivity contribution in [3.63, 3.8) is 0 Å². The van der Waals surface area contributed by atoms with Crippen LogP contribution in [0.25, 0.3) is 0 Å². The van der Waals surface area contributed by atoms with Crippen LogP contribution in [0.2, 0.25) is 0 Å². The predicted octanol–water partition coefficient (Wildman–Crippen LogP) is 1.04. The van der Waals surface area contributed by atoms with Crippen molar-refractivity contribution < 1.29 is 14.6 Å². The van der Waals surface area contributed by atoms with Crippen LogP contribution in [0.15, 0.2) is 0 Å². The topological polar surface area (TPSA) is 72.7 Å². The van der Waals surface area contributed by atoms with Crippen molar-refractivity contribution in [2.24, 2.45) is 0 Å². The van der Waals surface area contributed by atoms with Crippen molar-refractivity contribution >= 4 is 6.09 Å². The van der Waals surface area contributed by atoms with Crippen LogP contribution in [0.5, 0.6) is 0 Å². The number of nitro groups is 1. The molecule has 12 heavy (non-hydrogen) atoms. The van der Waals surface area contributed by atoms with E-state index in [1.165, 1.54) is 0 Å². The van der Waals surface area contributed by atoms with Gasteiger partial charge in [-0.25, -0.2) is 14.9 Å². The fraction of sp³-hybridized carbons (Fsp3) is 0.833. The molecule has 0 N–H and O–H groups in total. The van der Waals surface area contributed by atoms with E-state index in [0.717, 1.165) is 7.11 Å². The zero-order valence-corrected chi connectivity index (χ0v) is 7.31. The van der Waals surface area contributed by atoms with Crippen molar-refractivity contribution in [1.82, 2.24) is 5.01 Å². The van der Waals surface area contributed by atoms with E-state index in [0.29, 0.717) is 11.4 Å². The Morgan fingerprint density at radius 2 is 2.25 bits per heavy atom. The Morgan fingerprint density at radius 1 is 1.75 bits per heavy atom. The number of ether oxygens (including phenoxy) is 1. The van der Waals surface area contributed by atoms with E-state index in [4.69, 9.17) is 0 Å². The lowest BCUT2D eigenvalue weighted by Gasteiger charge is -2.15. The molecule has 0 rings (SSSR count). The summed E-state index contributed by atoms with van der Waals surface area (Å²) in [4.78, 5) is 21.1. The summed E-state index contributed by atoms with van der Waals surface area (Å²) in [6.45, 7) is 3.34. The second kappa shape index (κ2) is 4.53. The molecule has 6 heteroatoms. The van der Waals surface area contributed by atoms with Gasteiger partial charge in [0.1, 0.15) is 0 Å². The number of hydrogen-bond acceptors (Lipinski definition) is 4.